The number of carbonyl (C=O) groups is 1. The number of hydrogen-bond donors (Lipinski definition) is 1. The van der Waals surface area contributed by atoms with Crippen LogP contribution in [0, 0.1) is 0 Å². The second-order valence-corrected chi connectivity index (χ2v) is 4.75. The van der Waals surface area contributed by atoms with Gasteiger partial charge in [0.1, 0.15) is 5.84 Å². The number of aliphatic imine (C=N–C) groups is 1. The van der Waals surface area contributed by atoms with Crippen molar-refractivity contribution in [1.29, 1.82) is 0 Å². The van der Waals surface area contributed by atoms with Gasteiger partial charge in [0, 0.05) is 25.5 Å². The van der Waals surface area contributed by atoms with E-state index in [1.165, 1.54) is 5.57 Å². The molecule has 0 radical (unpaired) electrons. The maximum atomic E-state index is 11.3. The lowest BCUT2D eigenvalue weighted by molar-refractivity contribution is 0.168. The van der Waals surface area contributed by atoms with Crippen LogP contribution in [0.1, 0.15) is 20.8 Å². The Labute approximate surface area is 126 Å². The van der Waals surface area contributed by atoms with Crippen molar-refractivity contribution in [3.05, 3.63) is 35.9 Å². The van der Waals surface area contributed by atoms with Crippen LogP contribution >= 0.6 is 0 Å². The van der Waals surface area contributed by atoms with E-state index in [1.807, 2.05) is 56.1 Å². The molecule has 0 aliphatic heterocycles. The van der Waals surface area contributed by atoms with Gasteiger partial charge in [0.15, 0.2) is 0 Å². The van der Waals surface area contributed by atoms with Crippen LogP contribution in [-0.4, -0.2) is 32.6 Å². The zero-order valence-electron chi connectivity index (χ0n) is 13.3. The van der Waals surface area contributed by atoms with Gasteiger partial charge in [-0.3, -0.25) is 10.3 Å². The second kappa shape index (κ2) is 8.09. The third kappa shape index (κ3) is 5.30. The van der Waals surface area contributed by atoms with E-state index in [1.54, 1.807) is 14.0 Å². The third-order valence-electron chi connectivity index (χ3n) is 2.77. The summed E-state index contributed by atoms with van der Waals surface area (Å²) in [6, 6.07) is 7.51. The zero-order valence-corrected chi connectivity index (χ0v) is 13.3. The fourth-order valence-electron chi connectivity index (χ4n) is 1.76. The Morgan fingerprint density at radius 1 is 1.33 bits per heavy atom. The molecule has 0 atom stereocenters. The highest BCUT2D eigenvalue weighted by atomic mass is 16.5. The van der Waals surface area contributed by atoms with Gasteiger partial charge in [-0.1, -0.05) is 5.57 Å². The molecule has 0 unspecified atom stereocenters. The van der Waals surface area contributed by atoms with Crippen molar-refractivity contribution < 1.29 is 9.53 Å². The quantitative estimate of drug-likeness (QED) is 0.679. The lowest BCUT2D eigenvalue weighted by Crippen LogP contribution is -2.24. The number of allylic oxidation sites excluding steroid dienone is 1. The predicted octanol–water partition coefficient (Wildman–Crippen LogP) is 3.69. The summed E-state index contributed by atoms with van der Waals surface area (Å²) in [7, 11) is 3.72. The summed E-state index contributed by atoms with van der Waals surface area (Å²) in [4.78, 5) is 17.6. The summed E-state index contributed by atoms with van der Waals surface area (Å²) < 4.78 is 4.84. The van der Waals surface area contributed by atoms with Crippen LogP contribution in [0.2, 0.25) is 0 Å². The number of hydrogen-bond acceptors (Lipinski definition) is 3. The second-order valence-electron chi connectivity index (χ2n) is 4.75. The lowest BCUT2D eigenvalue weighted by Gasteiger charge is -2.19. The average molecular weight is 289 g/mol. The number of benzene rings is 1. The predicted molar refractivity (Wildman–Crippen MR) is 88.3 cm³/mol. The van der Waals surface area contributed by atoms with Crippen molar-refractivity contribution in [3.63, 3.8) is 0 Å². The summed E-state index contributed by atoms with van der Waals surface area (Å²) in [5.74, 6) is 0.876. The Morgan fingerprint density at radius 3 is 2.43 bits per heavy atom. The molecule has 1 aromatic carbocycles. The first-order valence-corrected chi connectivity index (χ1v) is 6.87. The van der Waals surface area contributed by atoms with Crippen LogP contribution in [0.4, 0.5) is 16.2 Å². The van der Waals surface area contributed by atoms with Gasteiger partial charge in [0.25, 0.3) is 0 Å². The standard InChI is InChI=1S/C16H23N3O2/c1-6-21-16(20)18-13-7-9-14(10-8-13)19(5)15(17-4)11-12(2)3/h7-11H,6H2,1-5H3,(H,18,20). The third-order valence-corrected chi connectivity index (χ3v) is 2.77. The highest BCUT2D eigenvalue weighted by Crippen LogP contribution is 2.18. The summed E-state index contributed by atoms with van der Waals surface area (Å²) in [5, 5.41) is 2.66. The summed E-state index contributed by atoms with van der Waals surface area (Å²) >= 11 is 0. The first kappa shape index (κ1) is 16.8. The maximum absolute atomic E-state index is 11.3. The smallest absolute Gasteiger partial charge is 0.411 e. The highest BCUT2D eigenvalue weighted by molar-refractivity contribution is 6.05. The summed E-state index contributed by atoms with van der Waals surface area (Å²) in [6.07, 6.45) is 1.57. The van der Waals surface area contributed by atoms with E-state index in [2.05, 4.69) is 10.3 Å². The van der Waals surface area contributed by atoms with Gasteiger partial charge in [0.05, 0.1) is 6.61 Å². The molecule has 1 amide bonds. The Balaban J connectivity index is 2.82. The lowest BCUT2D eigenvalue weighted by atomic mass is 10.2. The monoisotopic (exact) mass is 289 g/mol. The van der Waals surface area contributed by atoms with Gasteiger partial charge in [-0.25, -0.2) is 4.79 Å². The molecule has 5 heteroatoms. The molecule has 0 spiro atoms. The topological polar surface area (TPSA) is 53.9 Å². The first-order chi connectivity index (χ1) is 9.97. The SMILES string of the molecule is CCOC(=O)Nc1ccc(N(C)C(C=C(C)C)=NC)cc1. The zero-order chi connectivity index (χ0) is 15.8. The van der Waals surface area contributed by atoms with Crippen LogP contribution in [0.5, 0.6) is 0 Å². The maximum Gasteiger partial charge on any atom is 0.411 e. The summed E-state index contributed by atoms with van der Waals surface area (Å²) in [5.41, 5.74) is 2.87. The van der Waals surface area contributed by atoms with E-state index in [0.717, 1.165) is 11.5 Å². The van der Waals surface area contributed by atoms with E-state index < -0.39 is 6.09 Å². The molecular weight excluding hydrogens is 266 g/mol. The molecule has 0 aliphatic rings. The molecule has 0 heterocycles. The molecule has 0 aromatic heterocycles. The van der Waals surface area contributed by atoms with Crippen molar-refractivity contribution >= 4 is 23.3 Å². The molecule has 0 fully saturated rings. The molecule has 114 valence electrons. The molecule has 1 rings (SSSR count). The van der Waals surface area contributed by atoms with Crippen LogP contribution in [-0.2, 0) is 4.74 Å². The number of amidine groups is 1. The van der Waals surface area contributed by atoms with Crippen molar-refractivity contribution in [2.45, 2.75) is 20.8 Å². The fourth-order valence-corrected chi connectivity index (χ4v) is 1.76. The number of ether oxygens (including phenoxy) is 1. The average Bonchev–Trinajstić information content (AvgIpc) is 2.45. The Kier molecular flexibility index (Phi) is 6.46. The largest absolute Gasteiger partial charge is 0.450 e. The van der Waals surface area contributed by atoms with Crippen LogP contribution < -0.4 is 10.2 Å². The van der Waals surface area contributed by atoms with Gasteiger partial charge < -0.3 is 9.64 Å². The molecule has 0 saturated carbocycles. The number of nitrogens with one attached hydrogen (secondary N) is 1. The molecule has 5 nitrogen and oxygen atoms in total. The molecule has 21 heavy (non-hydrogen) atoms. The molecule has 1 N–H and O–H groups in total. The van der Waals surface area contributed by atoms with E-state index in [9.17, 15) is 4.79 Å². The molecule has 0 saturated heterocycles. The first-order valence-electron chi connectivity index (χ1n) is 6.87. The van der Waals surface area contributed by atoms with Crippen molar-refractivity contribution in [2.75, 3.05) is 30.9 Å². The highest BCUT2D eigenvalue weighted by Gasteiger charge is 2.07. The molecule has 0 bridgehead atoms. The Hall–Kier alpha value is -2.30. The molecular formula is C16H23N3O2. The molecule has 1 aromatic rings. The number of likely N-dealkylation sites (N-methyl/N-ethyl adjacent to an activating group) is 1. The van der Waals surface area contributed by atoms with Crippen molar-refractivity contribution in [3.8, 4) is 0 Å². The molecule has 0 aliphatic carbocycles. The number of amides is 1. The van der Waals surface area contributed by atoms with Crippen LogP contribution in [0.15, 0.2) is 40.9 Å². The van der Waals surface area contributed by atoms with E-state index in [4.69, 9.17) is 4.74 Å². The van der Waals surface area contributed by atoms with Crippen molar-refractivity contribution in [1.82, 2.24) is 0 Å². The van der Waals surface area contributed by atoms with Gasteiger partial charge in [-0.05, 0) is 51.1 Å². The number of nitrogens with zero attached hydrogens (tertiary/aromatic N) is 2. The van der Waals surface area contributed by atoms with Crippen LogP contribution in [0.3, 0.4) is 0 Å². The van der Waals surface area contributed by atoms with Gasteiger partial charge in [0.2, 0.25) is 0 Å². The van der Waals surface area contributed by atoms with Gasteiger partial charge in [-0.15, -0.1) is 0 Å². The minimum atomic E-state index is -0.445. The van der Waals surface area contributed by atoms with E-state index >= 15 is 0 Å². The van der Waals surface area contributed by atoms with Crippen molar-refractivity contribution in [2.24, 2.45) is 4.99 Å². The van der Waals surface area contributed by atoms with Gasteiger partial charge >= 0.3 is 6.09 Å². The fraction of sp³-hybridized carbons (Fsp3) is 0.375. The Morgan fingerprint density at radius 2 is 1.95 bits per heavy atom. The number of anilines is 2. The number of rotatable bonds is 4. The van der Waals surface area contributed by atoms with E-state index in [-0.39, 0.29) is 0 Å². The minimum Gasteiger partial charge on any atom is -0.450 e. The van der Waals surface area contributed by atoms with E-state index in [0.29, 0.717) is 12.3 Å². The number of carbonyl (C=O) groups excluding carboxylic acids is 1. The van der Waals surface area contributed by atoms with Gasteiger partial charge in [-0.2, -0.15) is 0 Å². The Bertz CT molecular complexity index is 529. The normalized spacial score (nSPS) is 10.8. The summed E-state index contributed by atoms with van der Waals surface area (Å²) in [6.45, 7) is 6.19. The van der Waals surface area contributed by atoms with Crippen LogP contribution in [0.25, 0.3) is 0 Å². The minimum absolute atomic E-state index is 0.353.